The van der Waals surface area contributed by atoms with Crippen LogP contribution in [0, 0.1) is 0 Å². The molecule has 0 bridgehead atoms. The second-order valence-electron chi connectivity index (χ2n) is 3.59. The maximum Gasteiger partial charge on any atom is 0.165 e. The Balaban J connectivity index is 2.02. The fourth-order valence-corrected chi connectivity index (χ4v) is 1.79. The van der Waals surface area contributed by atoms with Crippen LogP contribution in [0.4, 0.5) is 5.82 Å². The topological polar surface area (TPSA) is 77.0 Å². The van der Waals surface area contributed by atoms with Crippen LogP contribution in [-0.4, -0.2) is 26.2 Å². The number of aromatic nitrogens is 3. The Morgan fingerprint density at radius 1 is 1.38 bits per heavy atom. The molecule has 1 aliphatic carbocycles. The quantitative estimate of drug-likeness (QED) is 0.656. The lowest BCUT2D eigenvalue weighted by Gasteiger charge is -2.24. The van der Waals surface area contributed by atoms with E-state index in [-0.39, 0.29) is 6.10 Å². The van der Waals surface area contributed by atoms with Crippen LogP contribution in [0.2, 0.25) is 0 Å². The molecule has 1 saturated carbocycles. The lowest BCUT2D eigenvalue weighted by atomic mass is 9.93. The van der Waals surface area contributed by atoms with Crippen molar-refractivity contribution in [2.75, 3.05) is 5.73 Å². The summed E-state index contributed by atoms with van der Waals surface area (Å²) in [5, 5.41) is 17.0. The maximum atomic E-state index is 9.31. The van der Waals surface area contributed by atoms with E-state index in [0.29, 0.717) is 11.9 Å². The molecular formula is C8H14N4O. The van der Waals surface area contributed by atoms with Crippen molar-refractivity contribution in [3.8, 4) is 0 Å². The Labute approximate surface area is 76.5 Å². The minimum absolute atomic E-state index is 0.128. The van der Waals surface area contributed by atoms with E-state index >= 15 is 0 Å². The minimum atomic E-state index is -0.128. The fraction of sp³-hybridized carbons (Fsp3) is 0.750. The van der Waals surface area contributed by atoms with E-state index in [4.69, 9.17) is 5.73 Å². The van der Waals surface area contributed by atoms with Crippen LogP contribution >= 0.6 is 0 Å². The van der Waals surface area contributed by atoms with Crippen LogP contribution in [0.5, 0.6) is 0 Å². The second kappa shape index (κ2) is 3.33. The van der Waals surface area contributed by atoms with Crippen molar-refractivity contribution in [3.63, 3.8) is 0 Å². The van der Waals surface area contributed by atoms with Crippen LogP contribution in [0.15, 0.2) is 6.20 Å². The molecular weight excluding hydrogens is 168 g/mol. The highest BCUT2D eigenvalue weighted by molar-refractivity contribution is 5.20. The molecule has 0 saturated heterocycles. The van der Waals surface area contributed by atoms with Crippen LogP contribution in [-0.2, 0) is 0 Å². The molecule has 1 aromatic heterocycles. The van der Waals surface area contributed by atoms with Gasteiger partial charge in [-0.1, -0.05) is 5.21 Å². The van der Waals surface area contributed by atoms with Crippen LogP contribution in [0.3, 0.4) is 0 Å². The Morgan fingerprint density at radius 3 is 2.62 bits per heavy atom. The smallest absolute Gasteiger partial charge is 0.165 e. The summed E-state index contributed by atoms with van der Waals surface area (Å²) in [7, 11) is 0. The van der Waals surface area contributed by atoms with Crippen molar-refractivity contribution in [2.45, 2.75) is 37.8 Å². The van der Waals surface area contributed by atoms with E-state index in [0.717, 1.165) is 25.7 Å². The Hall–Kier alpha value is -1.10. The van der Waals surface area contributed by atoms with Gasteiger partial charge in [0.05, 0.1) is 18.3 Å². The third kappa shape index (κ3) is 1.80. The molecule has 5 heteroatoms. The minimum Gasteiger partial charge on any atom is -0.393 e. The number of nitrogens with zero attached hydrogens (tertiary/aromatic N) is 3. The van der Waals surface area contributed by atoms with Gasteiger partial charge in [-0.3, -0.25) is 0 Å². The zero-order valence-corrected chi connectivity index (χ0v) is 7.43. The highest BCUT2D eigenvalue weighted by Gasteiger charge is 2.21. The van der Waals surface area contributed by atoms with E-state index in [1.54, 1.807) is 10.9 Å². The summed E-state index contributed by atoms with van der Waals surface area (Å²) >= 11 is 0. The first kappa shape index (κ1) is 8.50. The van der Waals surface area contributed by atoms with Gasteiger partial charge in [0.2, 0.25) is 0 Å². The first-order valence-corrected chi connectivity index (χ1v) is 4.61. The molecule has 0 atom stereocenters. The Morgan fingerprint density at radius 2 is 2.08 bits per heavy atom. The zero-order chi connectivity index (χ0) is 9.26. The fourth-order valence-electron chi connectivity index (χ4n) is 1.79. The van der Waals surface area contributed by atoms with Crippen molar-refractivity contribution in [1.82, 2.24) is 15.0 Å². The van der Waals surface area contributed by atoms with E-state index < -0.39 is 0 Å². The SMILES string of the molecule is Nc1cn(C2CCC(O)CC2)nn1. The monoisotopic (exact) mass is 182 g/mol. The molecule has 0 amide bonds. The average molecular weight is 182 g/mol. The van der Waals surface area contributed by atoms with Gasteiger partial charge in [-0.2, -0.15) is 0 Å². The van der Waals surface area contributed by atoms with Crippen molar-refractivity contribution < 1.29 is 5.11 Å². The number of aliphatic hydroxyl groups is 1. The predicted molar refractivity (Wildman–Crippen MR) is 47.9 cm³/mol. The molecule has 5 nitrogen and oxygen atoms in total. The molecule has 3 N–H and O–H groups in total. The summed E-state index contributed by atoms with van der Waals surface area (Å²) in [6, 6.07) is 0.369. The van der Waals surface area contributed by atoms with E-state index in [9.17, 15) is 5.11 Å². The van der Waals surface area contributed by atoms with Gasteiger partial charge in [-0.25, -0.2) is 4.68 Å². The van der Waals surface area contributed by atoms with Gasteiger partial charge in [0, 0.05) is 0 Å². The van der Waals surface area contributed by atoms with E-state index in [2.05, 4.69) is 10.3 Å². The molecule has 0 aliphatic heterocycles. The van der Waals surface area contributed by atoms with Crippen molar-refractivity contribution in [3.05, 3.63) is 6.20 Å². The molecule has 0 unspecified atom stereocenters. The van der Waals surface area contributed by atoms with Crippen molar-refractivity contribution >= 4 is 5.82 Å². The van der Waals surface area contributed by atoms with Crippen molar-refractivity contribution in [2.24, 2.45) is 0 Å². The molecule has 1 heterocycles. The van der Waals surface area contributed by atoms with Gasteiger partial charge in [0.15, 0.2) is 5.82 Å². The zero-order valence-electron chi connectivity index (χ0n) is 7.43. The van der Waals surface area contributed by atoms with Crippen molar-refractivity contribution in [1.29, 1.82) is 0 Å². The molecule has 0 aromatic carbocycles. The number of nitrogens with two attached hydrogens (primary N) is 1. The normalized spacial score (nSPS) is 29.0. The largest absolute Gasteiger partial charge is 0.393 e. The molecule has 72 valence electrons. The van der Waals surface area contributed by atoms with Gasteiger partial charge in [0.1, 0.15) is 0 Å². The summed E-state index contributed by atoms with van der Waals surface area (Å²) in [5.74, 6) is 0.464. The molecule has 13 heavy (non-hydrogen) atoms. The summed E-state index contributed by atoms with van der Waals surface area (Å²) < 4.78 is 1.81. The molecule has 0 spiro atoms. The van der Waals surface area contributed by atoms with Crippen LogP contribution in [0.1, 0.15) is 31.7 Å². The molecule has 1 fully saturated rings. The molecule has 0 radical (unpaired) electrons. The van der Waals surface area contributed by atoms with Gasteiger partial charge in [-0.05, 0) is 25.7 Å². The molecule has 1 aliphatic rings. The number of anilines is 1. The van der Waals surface area contributed by atoms with Crippen LogP contribution in [0.25, 0.3) is 0 Å². The van der Waals surface area contributed by atoms with Gasteiger partial charge < -0.3 is 10.8 Å². The molecule has 1 aromatic rings. The third-order valence-corrected chi connectivity index (χ3v) is 2.57. The number of nitrogen functional groups attached to an aromatic ring is 1. The highest BCUT2D eigenvalue weighted by Crippen LogP contribution is 2.27. The van der Waals surface area contributed by atoms with Gasteiger partial charge >= 0.3 is 0 Å². The van der Waals surface area contributed by atoms with E-state index in [1.165, 1.54) is 0 Å². The first-order chi connectivity index (χ1) is 6.25. The Kier molecular flexibility index (Phi) is 2.18. The van der Waals surface area contributed by atoms with Gasteiger partial charge in [-0.15, -0.1) is 5.10 Å². The summed E-state index contributed by atoms with van der Waals surface area (Å²) in [6.45, 7) is 0. The summed E-state index contributed by atoms with van der Waals surface area (Å²) in [5.41, 5.74) is 5.47. The lowest BCUT2D eigenvalue weighted by molar-refractivity contribution is 0.107. The average Bonchev–Trinajstić information content (AvgIpc) is 2.53. The summed E-state index contributed by atoms with van der Waals surface area (Å²) in [4.78, 5) is 0. The first-order valence-electron chi connectivity index (χ1n) is 4.61. The highest BCUT2D eigenvalue weighted by atomic mass is 16.3. The molecule has 2 rings (SSSR count). The predicted octanol–water partition coefficient (Wildman–Crippen LogP) is 0.336. The number of rotatable bonds is 1. The van der Waals surface area contributed by atoms with Gasteiger partial charge in [0.25, 0.3) is 0 Å². The van der Waals surface area contributed by atoms with Crippen LogP contribution < -0.4 is 5.73 Å². The number of aliphatic hydroxyl groups excluding tert-OH is 1. The maximum absolute atomic E-state index is 9.31. The summed E-state index contributed by atoms with van der Waals surface area (Å²) in [6.07, 6.45) is 5.25. The Bertz CT molecular complexity index is 277. The number of hydrogen-bond acceptors (Lipinski definition) is 4. The van der Waals surface area contributed by atoms with E-state index in [1.807, 2.05) is 0 Å². The number of hydrogen-bond donors (Lipinski definition) is 2. The third-order valence-electron chi connectivity index (χ3n) is 2.57. The standard InChI is InChI=1S/C8H14N4O/c9-8-5-12(11-10-8)6-1-3-7(13)4-2-6/h5-7,13H,1-4,9H2. The lowest BCUT2D eigenvalue weighted by Crippen LogP contribution is -2.21. The second-order valence-corrected chi connectivity index (χ2v) is 3.59.